The molecule has 15 heavy (non-hydrogen) atoms. The first-order chi connectivity index (χ1) is 7.04. The predicted molar refractivity (Wildman–Crippen MR) is 53.0 cm³/mol. The number of esters is 1. The average molecular weight is 210 g/mol. The van der Waals surface area contributed by atoms with Crippen LogP contribution in [0, 0.1) is 0 Å². The molecule has 82 valence electrons. The number of nitrogens with one attached hydrogen (secondary N) is 1. The van der Waals surface area contributed by atoms with Crippen LogP contribution < -0.4 is 5.32 Å². The first-order valence-corrected chi connectivity index (χ1v) is 5.01. The maximum absolute atomic E-state index is 11.5. The Hall–Kier alpha value is -1.36. The molecule has 1 aliphatic heterocycles. The quantitative estimate of drug-likeness (QED) is 0.602. The smallest absolute Gasteiger partial charge is 0.365 e. The van der Waals surface area contributed by atoms with Gasteiger partial charge in [-0.3, -0.25) is 0 Å². The number of rotatable bonds is 1. The molecular formula is C10H16N3O2+. The maximum atomic E-state index is 11.5. The van der Waals surface area contributed by atoms with E-state index >= 15 is 0 Å². The lowest BCUT2D eigenvalue weighted by Crippen LogP contribution is -3.01. The van der Waals surface area contributed by atoms with Crippen LogP contribution in [0.2, 0.25) is 0 Å². The Morgan fingerprint density at radius 1 is 1.73 bits per heavy atom. The van der Waals surface area contributed by atoms with Gasteiger partial charge in [-0.1, -0.05) is 0 Å². The fraction of sp³-hybridized carbons (Fsp3) is 0.600. The Morgan fingerprint density at radius 2 is 2.47 bits per heavy atom. The van der Waals surface area contributed by atoms with Crippen LogP contribution in [0.25, 0.3) is 0 Å². The largest absolute Gasteiger partial charge is 0.465 e. The SMILES string of the molecule is COC(=O)[C@H]1Cc2[nH]cnc2C(C)(C)[NH2+]1. The third-order valence-electron chi connectivity index (χ3n) is 2.87. The molecule has 1 aromatic rings. The summed E-state index contributed by atoms with van der Waals surface area (Å²) in [5.41, 5.74) is 1.90. The van der Waals surface area contributed by atoms with E-state index in [2.05, 4.69) is 23.8 Å². The van der Waals surface area contributed by atoms with Crippen molar-refractivity contribution >= 4 is 5.97 Å². The number of fused-ring (bicyclic) bond motifs is 1. The Labute approximate surface area is 88.2 Å². The molecule has 0 unspecified atom stereocenters. The first kappa shape index (κ1) is 10.2. The normalized spacial score (nSPS) is 23.3. The second-order valence-electron chi connectivity index (χ2n) is 4.45. The van der Waals surface area contributed by atoms with Gasteiger partial charge < -0.3 is 15.0 Å². The third kappa shape index (κ3) is 1.63. The molecule has 5 nitrogen and oxygen atoms in total. The van der Waals surface area contributed by atoms with Crippen molar-refractivity contribution in [2.45, 2.75) is 31.8 Å². The van der Waals surface area contributed by atoms with Crippen molar-refractivity contribution in [2.75, 3.05) is 7.11 Å². The second-order valence-corrected chi connectivity index (χ2v) is 4.45. The summed E-state index contributed by atoms with van der Waals surface area (Å²) < 4.78 is 4.77. The van der Waals surface area contributed by atoms with Crippen LogP contribution in [0.15, 0.2) is 6.33 Å². The molecule has 0 bridgehead atoms. The van der Waals surface area contributed by atoms with Crippen LogP contribution in [-0.4, -0.2) is 29.1 Å². The topological polar surface area (TPSA) is 71.6 Å². The molecule has 0 amide bonds. The van der Waals surface area contributed by atoms with Gasteiger partial charge in [-0.05, 0) is 13.8 Å². The summed E-state index contributed by atoms with van der Waals surface area (Å²) in [6, 6.07) is -0.169. The van der Waals surface area contributed by atoms with Crippen molar-refractivity contribution in [3.05, 3.63) is 17.7 Å². The fourth-order valence-electron chi connectivity index (χ4n) is 2.20. The molecule has 5 heteroatoms. The number of carbonyl (C=O) groups is 1. The zero-order chi connectivity index (χ0) is 11.1. The van der Waals surface area contributed by atoms with E-state index in [0.29, 0.717) is 6.42 Å². The van der Waals surface area contributed by atoms with Crippen molar-refractivity contribution in [1.29, 1.82) is 0 Å². The maximum Gasteiger partial charge on any atom is 0.365 e. The number of methoxy groups -OCH3 is 1. The molecule has 0 saturated heterocycles. The summed E-state index contributed by atoms with van der Waals surface area (Å²) in [6.07, 6.45) is 2.34. The lowest BCUT2D eigenvalue weighted by atomic mass is 9.90. The van der Waals surface area contributed by atoms with Crippen LogP contribution >= 0.6 is 0 Å². The van der Waals surface area contributed by atoms with Gasteiger partial charge in [0.1, 0.15) is 11.2 Å². The number of aromatic nitrogens is 2. The summed E-state index contributed by atoms with van der Waals surface area (Å²) in [4.78, 5) is 18.9. The Morgan fingerprint density at radius 3 is 3.13 bits per heavy atom. The number of H-pyrrole nitrogens is 1. The monoisotopic (exact) mass is 210 g/mol. The highest BCUT2D eigenvalue weighted by molar-refractivity contribution is 5.74. The van der Waals surface area contributed by atoms with Gasteiger partial charge in [0.25, 0.3) is 0 Å². The molecule has 3 N–H and O–H groups in total. The van der Waals surface area contributed by atoms with Gasteiger partial charge in [0.2, 0.25) is 0 Å². The van der Waals surface area contributed by atoms with Crippen molar-refractivity contribution in [3.8, 4) is 0 Å². The predicted octanol–water partition coefficient (Wildman–Crippen LogP) is -0.694. The van der Waals surface area contributed by atoms with Crippen LogP contribution in [-0.2, 0) is 21.5 Å². The highest BCUT2D eigenvalue weighted by Gasteiger charge is 2.41. The number of quaternary nitrogens is 1. The van der Waals surface area contributed by atoms with Gasteiger partial charge >= 0.3 is 5.97 Å². The van der Waals surface area contributed by atoms with Gasteiger partial charge in [-0.15, -0.1) is 0 Å². The summed E-state index contributed by atoms with van der Waals surface area (Å²) in [5.74, 6) is -0.177. The Balaban J connectivity index is 2.31. The van der Waals surface area contributed by atoms with Crippen molar-refractivity contribution in [3.63, 3.8) is 0 Å². The van der Waals surface area contributed by atoms with E-state index in [1.54, 1.807) is 6.33 Å². The van der Waals surface area contributed by atoms with E-state index in [4.69, 9.17) is 4.74 Å². The Bertz CT molecular complexity index is 384. The summed E-state index contributed by atoms with van der Waals surface area (Å²) >= 11 is 0. The third-order valence-corrected chi connectivity index (χ3v) is 2.87. The van der Waals surface area contributed by atoms with E-state index in [1.807, 2.05) is 5.32 Å². The molecule has 1 aromatic heterocycles. The van der Waals surface area contributed by atoms with E-state index in [0.717, 1.165) is 11.4 Å². The van der Waals surface area contributed by atoms with Crippen LogP contribution in [0.5, 0.6) is 0 Å². The second kappa shape index (κ2) is 3.34. The number of aromatic amines is 1. The highest BCUT2D eigenvalue weighted by Crippen LogP contribution is 2.21. The number of nitrogens with two attached hydrogens (primary N) is 1. The molecule has 0 aromatic carbocycles. The zero-order valence-corrected chi connectivity index (χ0v) is 9.20. The standard InChI is InChI=1S/C10H15N3O2/c1-10(2)8-6(11-5-12-8)4-7(13-10)9(14)15-3/h5,7,13H,4H2,1-3H3,(H,11,12)/p+1/t7-/m1/s1. The molecule has 0 saturated carbocycles. The van der Waals surface area contributed by atoms with E-state index in [-0.39, 0.29) is 17.6 Å². The van der Waals surface area contributed by atoms with Gasteiger partial charge in [-0.2, -0.15) is 0 Å². The lowest BCUT2D eigenvalue weighted by Gasteiger charge is -2.30. The number of hydrogen-bond acceptors (Lipinski definition) is 3. The fourth-order valence-corrected chi connectivity index (χ4v) is 2.20. The molecule has 0 fully saturated rings. The van der Waals surface area contributed by atoms with Gasteiger partial charge in [0, 0.05) is 0 Å². The zero-order valence-electron chi connectivity index (χ0n) is 9.20. The summed E-state index contributed by atoms with van der Waals surface area (Å²) in [5, 5.41) is 2.02. The van der Waals surface area contributed by atoms with Crippen LogP contribution in [0.4, 0.5) is 0 Å². The van der Waals surface area contributed by atoms with Crippen molar-refractivity contribution in [1.82, 2.24) is 9.97 Å². The van der Waals surface area contributed by atoms with Gasteiger partial charge in [0.15, 0.2) is 6.04 Å². The average Bonchev–Trinajstić information content (AvgIpc) is 2.64. The molecule has 0 aliphatic carbocycles. The van der Waals surface area contributed by atoms with Crippen LogP contribution in [0.1, 0.15) is 25.2 Å². The molecule has 2 rings (SSSR count). The van der Waals surface area contributed by atoms with E-state index < -0.39 is 0 Å². The van der Waals surface area contributed by atoms with Crippen LogP contribution in [0.3, 0.4) is 0 Å². The number of imidazole rings is 1. The Kier molecular flexibility index (Phi) is 2.26. The minimum Gasteiger partial charge on any atom is -0.465 e. The van der Waals surface area contributed by atoms with Crippen molar-refractivity contribution in [2.24, 2.45) is 0 Å². The molecule has 0 spiro atoms. The highest BCUT2D eigenvalue weighted by atomic mass is 16.5. The number of ether oxygens (including phenoxy) is 1. The van der Waals surface area contributed by atoms with E-state index in [9.17, 15) is 4.79 Å². The number of nitrogens with zero attached hydrogens (tertiary/aromatic N) is 1. The lowest BCUT2D eigenvalue weighted by molar-refractivity contribution is -0.753. The first-order valence-electron chi connectivity index (χ1n) is 5.01. The molecule has 1 aliphatic rings. The van der Waals surface area contributed by atoms with Gasteiger partial charge in [-0.25, -0.2) is 9.78 Å². The minimum atomic E-state index is -0.177. The van der Waals surface area contributed by atoms with Crippen molar-refractivity contribution < 1.29 is 14.8 Å². The van der Waals surface area contributed by atoms with Gasteiger partial charge in [0.05, 0.1) is 25.6 Å². The summed E-state index contributed by atoms with van der Waals surface area (Å²) in [7, 11) is 1.42. The summed E-state index contributed by atoms with van der Waals surface area (Å²) in [6.45, 7) is 4.11. The molecule has 1 atom stereocenters. The minimum absolute atomic E-state index is 0.169. The van der Waals surface area contributed by atoms with E-state index in [1.165, 1.54) is 7.11 Å². The number of carbonyl (C=O) groups excluding carboxylic acids is 1. The molecular weight excluding hydrogens is 194 g/mol. The molecule has 0 radical (unpaired) electrons. The molecule has 2 heterocycles. The number of hydrogen-bond donors (Lipinski definition) is 2.